The molecule has 6 heteroatoms. The van der Waals surface area contributed by atoms with Gasteiger partial charge in [-0.05, 0) is 41.8 Å². The van der Waals surface area contributed by atoms with Crippen molar-refractivity contribution in [2.24, 2.45) is 5.14 Å². The molecular weight excluding hydrogens is 286 g/mol. The third-order valence-electron chi connectivity index (χ3n) is 3.12. The van der Waals surface area contributed by atoms with Crippen molar-refractivity contribution in [3.63, 3.8) is 0 Å². The van der Waals surface area contributed by atoms with Crippen LogP contribution in [0, 0.1) is 0 Å². The van der Waals surface area contributed by atoms with Crippen LogP contribution in [-0.4, -0.2) is 8.42 Å². The van der Waals surface area contributed by atoms with Gasteiger partial charge >= 0.3 is 0 Å². The summed E-state index contributed by atoms with van der Waals surface area (Å²) in [5, 5.41) is 8.25. The Hall–Kier alpha value is -2.05. The molecule has 0 saturated heterocycles. The lowest BCUT2D eigenvalue weighted by atomic mass is 10.0. The minimum atomic E-state index is -3.78. The summed E-state index contributed by atoms with van der Waals surface area (Å²) in [6, 6.07) is 12.4. The van der Waals surface area contributed by atoms with E-state index in [1.165, 1.54) is 17.7 Å². The second-order valence-corrected chi connectivity index (χ2v) is 6.80. The lowest BCUT2D eigenvalue weighted by Gasteiger charge is -2.11. The van der Waals surface area contributed by atoms with Crippen LogP contribution in [0.5, 0.6) is 0 Å². The highest BCUT2D eigenvalue weighted by Crippen LogP contribution is 2.24. The molecule has 5 nitrogen and oxygen atoms in total. The molecule has 21 heavy (non-hydrogen) atoms. The molecule has 2 rings (SSSR count). The summed E-state index contributed by atoms with van der Waals surface area (Å²) in [7, 11) is -3.78. The minimum Gasteiger partial charge on any atom is -0.399 e. The zero-order chi connectivity index (χ0) is 15.6. The number of primary sulfonamides is 1. The first-order valence-electron chi connectivity index (χ1n) is 6.56. The van der Waals surface area contributed by atoms with Crippen LogP contribution >= 0.6 is 0 Å². The van der Waals surface area contributed by atoms with Gasteiger partial charge in [-0.15, -0.1) is 0 Å². The fourth-order valence-corrected chi connectivity index (χ4v) is 2.57. The molecule has 112 valence electrons. The lowest BCUT2D eigenvalue weighted by molar-refractivity contribution is 0.598. The van der Waals surface area contributed by atoms with E-state index in [9.17, 15) is 8.42 Å². The van der Waals surface area contributed by atoms with Gasteiger partial charge in [-0.3, -0.25) is 0 Å². The molecule has 0 heterocycles. The van der Waals surface area contributed by atoms with E-state index in [4.69, 9.17) is 10.9 Å². The van der Waals surface area contributed by atoms with E-state index in [1.54, 1.807) is 6.07 Å². The fourth-order valence-electron chi connectivity index (χ4n) is 1.98. The number of nitrogens with one attached hydrogen (secondary N) is 1. The SMILES string of the molecule is CC(C)c1ccc(Nc2cc(N)cc(S(N)(=O)=O)c2)cc1. The Kier molecular flexibility index (Phi) is 4.20. The van der Waals surface area contributed by atoms with E-state index < -0.39 is 10.0 Å². The van der Waals surface area contributed by atoms with Gasteiger partial charge < -0.3 is 11.1 Å². The first-order valence-corrected chi connectivity index (χ1v) is 8.10. The largest absolute Gasteiger partial charge is 0.399 e. The molecule has 0 aliphatic carbocycles. The molecule has 0 radical (unpaired) electrons. The van der Waals surface area contributed by atoms with Crippen molar-refractivity contribution in [1.82, 2.24) is 0 Å². The maximum Gasteiger partial charge on any atom is 0.238 e. The number of anilines is 3. The standard InChI is InChI=1S/C15H19N3O2S/c1-10(2)11-3-5-13(6-4-11)18-14-7-12(16)8-15(9-14)21(17,19)20/h3-10,18H,16H2,1-2H3,(H2,17,19,20). The zero-order valence-corrected chi connectivity index (χ0v) is 12.8. The van der Waals surface area contributed by atoms with Crippen LogP contribution in [0.4, 0.5) is 17.1 Å². The van der Waals surface area contributed by atoms with Gasteiger partial charge in [0.15, 0.2) is 0 Å². The third-order valence-corrected chi connectivity index (χ3v) is 4.02. The van der Waals surface area contributed by atoms with Gasteiger partial charge in [0, 0.05) is 17.1 Å². The van der Waals surface area contributed by atoms with E-state index in [1.807, 2.05) is 24.3 Å². The maximum absolute atomic E-state index is 11.4. The highest BCUT2D eigenvalue weighted by molar-refractivity contribution is 7.89. The fraction of sp³-hybridized carbons (Fsp3) is 0.200. The highest BCUT2D eigenvalue weighted by atomic mass is 32.2. The summed E-state index contributed by atoms with van der Waals surface area (Å²) in [6.07, 6.45) is 0. The molecule has 0 amide bonds. The summed E-state index contributed by atoms with van der Waals surface area (Å²) in [5.41, 5.74) is 8.72. The predicted molar refractivity (Wildman–Crippen MR) is 86.0 cm³/mol. The first-order chi connectivity index (χ1) is 9.75. The van der Waals surface area contributed by atoms with Gasteiger partial charge in [0.1, 0.15) is 0 Å². The van der Waals surface area contributed by atoms with E-state index >= 15 is 0 Å². The third kappa shape index (κ3) is 3.96. The van der Waals surface area contributed by atoms with Gasteiger partial charge in [-0.25, -0.2) is 13.6 Å². The normalized spacial score (nSPS) is 11.6. The molecule has 0 bridgehead atoms. The Bertz CT molecular complexity index is 738. The van der Waals surface area contributed by atoms with Crippen LogP contribution < -0.4 is 16.2 Å². The van der Waals surface area contributed by atoms with E-state index in [2.05, 4.69) is 19.2 Å². The second kappa shape index (κ2) is 5.75. The quantitative estimate of drug-likeness (QED) is 0.756. The summed E-state index contributed by atoms with van der Waals surface area (Å²) in [5.74, 6) is 0.459. The number of nitrogens with two attached hydrogens (primary N) is 2. The predicted octanol–water partition coefficient (Wildman–Crippen LogP) is 2.78. The monoisotopic (exact) mass is 305 g/mol. The van der Waals surface area contributed by atoms with Crippen molar-refractivity contribution in [3.05, 3.63) is 48.0 Å². The van der Waals surface area contributed by atoms with Crippen molar-refractivity contribution >= 4 is 27.1 Å². The molecule has 0 aromatic heterocycles. The van der Waals surface area contributed by atoms with E-state index in [0.29, 0.717) is 17.3 Å². The molecule has 0 saturated carbocycles. The summed E-state index contributed by atoms with van der Waals surface area (Å²) in [6.45, 7) is 4.25. The number of benzene rings is 2. The van der Waals surface area contributed by atoms with E-state index in [-0.39, 0.29) is 4.90 Å². The van der Waals surface area contributed by atoms with E-state index in [0.717, 1.165) is 5.69 Å². The Labute approximate surface area is 125 Å². The molecule has 5 N–H and O–H groups in total. The van der Waals surface area contributed by atoms with Gasteiger partial charge in [-0.1, -0.05) is 26.0 Å². The number of hydrogen-bond donors (Lipinski definition) is 3. The summed E-state index contributed by atoms with van der Waals surface area (Å²) >= 11 is 0. The number of hydrogen-bond acceptors (Lipinski definition) is 4. The van der Waals surface area contributed by atoms with Crippen LogP contribution in [0.15, 0.2) is 47.4 Å². The van der Waals surface area contributed by atoms with Crippen LogP contribution in [0.1, 0.15) is 25.3 Å². The highest BCUT2D eigenvalue weighted by Gasteiger charge is 2.10. The average molecular weight is 305 g/mol. The molecule has 0 fully saturated rings. The Morgan fingerprint density at radius 2 is 1.62 bits per heavy atom. The lowest BCUT2D eigenvalue weighted by Crippen LogP contribution is -2.12. The Morgan fingerprint density at radius 1 is 1.00 bits per heavy atom. The Balaban J connectivity index is 2.29. The van der Waals surface area contributed by atoms with Crippen LogP contribution in [0.3, 0.4) is 0 Å². The molecule has 0 atom stereocenters. The van der Waals surface area contributed by atoms with Gasteiger partial charge in [0.05, 0.1) is 4.90 Å². The average Bonchev–Trinajstić information content (AvgIpc) is 2.37. The van der Waals surface area contributed by atoms with Crippen molar-refractivity contribution in [2.45, 2.75) is 24.7 Å². The zero-order valence-electron chi connectivity index (χ0n) is 12.0. The molecule has 0 aliphatic rings. The molecule has 0 spiro atoms. The van der Waals surface area contributed by atoms with Crippen molar-refractivity contribution < 1.29 is 8.42 Å². The second-order valence-electron chi connectivity index (χ2n) is 5.24. The summed E-state index contributed by atoms with van der Waals surface area (Å²) in [4.78, 5) is -0.0104. The number of nitrogen functional groups attached to an aromatic ring is 1. The molecule has 0 unspecified atom stereocenters. The van der Waals surface area contributed by atoms with Crippen LogP contribution in [0.2, 0.25) is 0 Å². The van der Waals surface area contributed by atoms with Crippen molar-refractivity contribution in [1.29, 1.82) is 0 Å². The smallest absolute Gasteiger partial charge is 0.238 e. The van der Waals surface area contributed by atoms with Gasteiger partial charge in [0.25, 0.3) is 0 Å². The molecule has 2 aromatic rings. The van der Waals surface area contributed by atoms with Crippen molar-refractivity contribution in [2.75, 3.05) is 11.1 Å². The summed E-state index contributed by atoms with van der Waals surface area (Å²) < 4.78 is 22.8. The van der Waals surface area contributed by atoms with Gasteiger partial charge in [-0.2, -0.15) is 0 Å². The first kappa shape index (κ1) is 15.3. The Morgan fingerprint density at radius 3 is 2.14 bits per heavy atom. The van der Waals surface area contributed by atoms with Crippen LogP contribution in [0.25, 0.3) is 0 Å². The number of rotatable bonds is 4. The molecule has 2 aromatic carbocycles. The minimum absolute atomic E-state index is 0.0104. The topological polar surface area (TPSA) is 98.2 Å². The van der Waals surface area contributed by atoms with Crippen LogP contribution in [-0.2, 0) is 10.0 Å². The van der Waals surface area contributed by atoms with Gasteiger partial charge in [0.2, 0.25) is 10.0 Å². The molecular formula is C15H19N3O2S. The molecule has 0 aliphatic heterocycles. The van der Waals surface area contributed by atoms with Crippen molar-refractivity contribution in [3.8, 4) is 0 Å². The maximum atomic E-state index is 11.4. The number of sulfonamides is 1.